The van der Waals surface area contributed by atoms with Crippen molar-refractivity contribution >= 4 is 44.6 Å². The van der Waals surface area contributed by atoms with E-state index < -0.39 is 50.9 Å². The normalized spacial score (nSPS) is 13.5. The molecule has 0 saturated heterocycles. The van der Waals surface area contributed by atoms with Crippen LogP contribution in [-0.2, 0) is 15.9 Å². The van der Waals surface area contributed by atoms with E-state index in [2.05, 4.69) is 25.9 Å². The highest BCUT2D eigenvalue weighted by atomic mass is 32.2. The maximum Gasteiger partial charge on any atom is 0.416 e. The van der Waals surface area contributed by atoms with Gasteiger partial charge in [-0.15, -0.1) is 0 Å². The summed E-state index contributed by atoms with van der Waals surface area (Å²) in [5.41, 5.74) is -1.24. The number of aliphatic hydroxyl groups is 1. The summed E-state index contributed by atoms with van der Waals surface area (Å²) in [6, 6.07) is 9.85. The molecule has 2 amide bonds. The van der Waals surface area contributed by atoms with E-state index in [0.717, 1.165) is 6.07 Å². The Morgan fingerprint density at radius 2 is 1.75 bits per heavy atom. The Labute approximate surface area is 248 Å². The minimum atomic E-state index is -4.77. The molecule has 16 heteroatoms. The minimum absolute atomic E-state index is 0.100. The molecule has 0 aliphatic heterocycles. The third kappa shape index (κ3) is 7.96. The molecule has 0 radical (unpaired) electrons. The number of alkyl halides is 3. The fraction of sp³-hybridized carbons (Fsp3) is 0.179. The van der Waals surface area contributed by atoms with E-state index in [4.69, 9.17) is 4.78 Å². The average molecular weight is 636 g/mol. The Hall–Kier alpha value is -4.83. The summed E-state index contributed by atoms with van der Waals surface area (Å²) >= 11 is 0. The molecule has 10 nitrogen and oxygen atoms in total. The highest BCUT2D eigenvalue weighted by Crippen LogP contribution is 2.33. The summed E-state index contributed by atoms with van der Waals surface area (Å²) < 4.78 is 87.9. The number of carbonyl (C=O) groups is 1. The summed E-state index contributed by atoms with van der Waals surface area (Å²) in [4.78, 5) is 21.3. The number of aliphatic hydroxyl groups excluding tert-OH is 1. The number of nitrogens with one attached hydrogen (secondary N) is 5. The predicted octanol–water partition coefficient (Wildman–Crippen LogP) is 6.66. The van der Waals surface area contributed by atoms with E-state index in [1.54, 1.807) is 25.1 Å². The van der Waals surface area contributed by atoms with E-state index >= 15 is 4.39 Å². The molecule has 44 heavy (non-hydrogen) atoms. The molecule has 0 unspecified atom stereocenters. The topological polar surface area (TPSA) is 152 Å². The van der Waals surface area contributed by atoms with Gasteiger partial charge in [-0.25, -0.2) is 27.5 Å². The van der Waals surface area contributed by atoms with Crippen LogP contribution >= 0.6 is 0 Å². The van der Waals surface area contributed by atoms with Crippen molar-refractivity contribution in [2.75, 3.05) is 34.1 Å². The molecule has 0 aliphatic carbocycles. The van der Waals surface area contributed by atoms with Crippen molar-refractivity contribution < 1.29 is 36.1 Å². The van der Waals surface area contributed by atoms with Crippen molar-refractivity contribution in [3.05, 3.63) is 84.1 Å². The van der Waals surface area contributed by atoms with Crippen LogP contribution < -0.4 is 21.3 Å². The summed E-state index contributed by atoms with van der Waals surface area (Å²) in [5.74, 6) is -1.74. The van der Waals surface area contributed by atoms with Gasteiger partial charge >= 0.3 is 12.2 Å². The Kier molecular flexibility index (Phi) is 9.34. The lowest BCUT2D eigenvalue weighted by atomic mass is 10.1. The first-order valence-electron chi connectivity index (χ1n) is 12.7. The van der Waals surface area contributed by atoms with Crippen molar-refractivity contribution in [3.63, 3.8) is 0 Å². The van der Waals surface area contributed by atoms with Crippen molar-refractivity contribution in [1.29, 1.82) is 4.78 Å². The largest absolute Gasteiger partial charge is 0.416 e. The number of halogens is 5. The van der Waals surface area contributed by atoms with Crippen LogP contribution in [0, 0.1) is 16.4 Å². The predicted molar refractivity (Wildman–Crippen MR) is 156 cm³/mol. The summed E-state index contributed by atoms with van der Waals surface area (Å²) in [7, 11) is -2.97. The van der Waals surface area contributed by atoms with Crippen LogP contribution in [0.3, 0.4) is 0 Å². The maximum absolute atomic E-state index is 15.1. The first-order valence-corrected chi connectivity index (χ1v) is 14.7. The molecule has 0 bridgehead atoms. The zero-order chi connectivity index (χ0) is 32.2. The monoisotopic (exact) mass is 635 g/mol. The Bertz CT molecular complexity index is 1800. The summed E-state index contributed by atoms with van der Waals surface area (Å²) in [6.07, 6.45) is -2.10. The number of benzene rings is 3. The highest BCUT2D eigenvalue weighted by molar-refractivity contribution is 7.91. The molecule has 6 N–H and O–H groups in total. The zero-order valence-corrected chi connectivity index (χ0v) is 23.9. The molecule has 1 aromatic heterocycles. The number of urea groups is 1. The fourth-order valence-electron chi connectivity index (χ4n) is 3.84. The molecule has 0 spiro atoms. The van der Waals surface area contributed by atoms with Gasteiger partial charge in [-0.1, -0.05) is 12.1 Å². The standard InChI is InChI=1S/C28H26F5N7O3S/c1-15(14-41)36-25-20(13-35-26(40-25)37-18-4-3-5-19(12-18)44(2,34)43)16-6-9-23(22(30)10-16)38-27(42)39-24-11-17(28(31,32)33)7-8-21(24)29/h3-13,15,34,41H,14H2,1-2H3,(H2,38,39,42)(H2,35,36,37,40)/t15-,44-/m1/s1. The van der Waals surface area contributed by atoms with Crippen molar-refractivity contribution in [3.8, 4) is 11.1 Å². The molecule has 1 heterocycles. The number of hydrogen-bond donors (Lipinski definition) is 6. The Morgan fingerprint density at radius 1 is 1.02 bits per heavy atom. The molecule has 232 valence electrons. The van der Waals surface area contributed by atoms with Gasteiger partial charge < -0.3 is 26.4 Å². The second-order valence-electron chi connectivity index (χ2n) is 9.65. The van der Waals surface area contributed by atoms with Gasteiger partial charge in [0, 0.05) is 34.6 Å². The number of anilines is 5. The number of amides is 2. The van der Waals surface area contributed by atoms with Crippen LogP contribution in [0.5, 0.6) is 0 Å². The van der Waals surface area contributed by atoms with Crippen LogP contribution in [0.2, 0.25) is 0 Å². The van der Waals surface area contributed by atoms with Crippen LogP contribution in [0.15, 0.2) is 71.8 Å². The summed E-state index contributed by atoms with van der Waals surface area (Å²) in [5, 5.41) is 19.6. The van der Waals surface area contributed by atoms with Gasteiger partial charge in [0.25, 0.3) is 0 Å². The molecular weight excluding hydrogens is 609 g/mol. The lowest BCUT2D eigenvalue weighted by Crippen LogP contribution is -2.21. The van der Waals surface area contributed by atoms with Gasteiger partial charge in [-0.2, -0.15) is 18.2 Å². The third-order valence-corrected chi connectivity index (χ3v) is 7.21. The zero-order valence-electron chi connectivity index (χ0n) is 23.1. The van der Waals surface area contributed by atoms with Gasteiger partial charge in [-0.3, -0.25) is 0 Å². The van der Waals surface area contributed by atoms with E-state index in [1.165, 1.54) is 30.7 Å². The lowest BCUT2D eigenvalue weighted by Gasteiger charge is -2.17. The SMILES string of the molecule is C[C@H](CO)Nc1nc(Nc2cccc([S@](C)(=N)=O)c2)ncc1-c1ccc(NC(=O)Nc2cc(C(F)(F)F)ccc2F)c(F)c1. The highest BCUT2D eigenvalue weighted by Gasteiger charge is 2.31. The molecule has 4 rings (SSSR count). The Morgan fingerprint density at radius 3 is 2.41 bits per heavy atom. The maximum atomic E-state index is 15.1. The average Bonchev–Trinajstić information content (AvgIpc) is 2.94. The van der Waals surface area contributed by atoms with E-state index in [9.17, 15) is 31.7 Å². The van der Waals surface area contributed by atoms with E-state index in [1.807, 2.05) is 5.32 Å². The minimum Gasteiger partial charge on any atom is -0.394 e. The first-order chi connectivity index (χ1) is 20.6. The Balaban J connectivity index is 1.57. The number of rotatable bonds is 9. The van der Waals surface area contributed by atoms with Crippen LogP contribution in [-0.4, -0.2) is 44.2 Å². The molecular formula is C28H26F5N7O3S. The third-order valence-electron chi connectivity index (χ3n) is 6.06. The van der Waals surface area contributed by atoms with Gasteiger partial charge in [0.2, 0.25) is 5.95 Å². The van der Waals surface area contributed by atoms with Crippen LogP contribution in [0.4, 0.5) is 55.6 Å². The molecule has 0 fully saturated rings. The second kappa shape index (κ2) is 12.8. The van der Waals surface area contributed by atoms with Crippen LogP contribution in [0.25, 0.3) is 11.1 Å². The molecule has 0 aliphatic rings. The van der Waals surface area contributed by atoms with Gasteiger partial charge in [0.15, 0.2) is 0 Å². The first kappa shape index (κ1) is 32.1. The second-order valence-corrected chi connectivity index (χ2v) is 11.8. The van der Waals surface area contributed by atoms with Gasteiger partial charge in [0.1, 0.15) is 17.5 Å². The number of nitrogens with zero attached hydrogens (tertiary/aromatic N) is 2. The smallest absolute Gasteiger partial charge is 0.394 e. The van der Waals surface area contributed by atoms with Crippen molar-refractivity contribution in [2.45, 2.75) is 24.0 Å². The molecule has 3 aromatic carbocycles. The van der Waals surface area contributed by atoms with Crippen LogP contribution in [0.1, 0.15) is 12.5 Å². The van der Waals surface area contributed by atoms with E-state index in [-0.39, 0.29) is 29.6 Å². The quantitative estimate of drug-likeness (QED) is 0.113. The fourth-order valence-corrected chi connectivity index (χ4v) is 4.54. The van der Waals surface area contributed by atoms with Crippen molar-refractivity contribution in [1.82, 2.24) is 9.97 Å². The lowest BCUT2D eigenvalue weighted by molar-refractivity contribution is -0.137. The molecule has 2 atom stereocenters. The molecule has 0 saturated carbocycles. The number of hydrogen-bond acceptors (Lipinski definition) is 8. The van der Waals surface area contributed by atoms with Gasteiger partial charge in [-0.05, 0) is 61.0 Å². The van der Waals surface area contributed by atoms with Gasteiger partial charge in [0.05, 0.1) is 33.3 Å². The number of carbonyl (C=O) groups excluding carboxylic acids is 1. The van der Waals surface area contributed by atoms with Crippen molar-refractivity contribution in [2.24, 2.45) is 0 Å². The summed E-state index contributed by atoms with van der Waals surface area (Å²) in [6.45, 7) is 1.41. The van der Waals surface area contributed by atoms with E-state index in [0.29, 0.717) is 34.3 Å². The molecule has 4 aromatic rings. The number of aromatic nitrogens is 2.